The number of Topliss-reactive ketones (excluding diaryl/α,β-unsaturated/α-hetero) is 1. The maximum atomic E-state index is 11.5. The summed E-state index contributed by atoms with van der Waals surface area (Å²) in [6, 6.07) is 0. The number of methoxy groups -OCH3 is 1. The number of hydrogen-bond acceptors (Lipinski definition) is 4. The fourth-order valence-corrected chi connectivity index (χ4v) is 0.942. The molecule has 0 aliphatic heterocycles. The molecule has 0 heterocycles. The topological polar surface area (TPSA) is 63.6 Å². The zero-order valence-corrected chi connectivity index (χ0v) is 9.29. The molecule has 0 amide bonds. The van der Waals surface area contributed by atoms with Crippen LogP contribution in [-0.4, -0.2) is 29.6 Å². The van der Waals surface area contributed by atoms with E-state index in [4.69, 9.17) is 0 Å². The molecule has 4 nitrogen and oxygen atoms in total. The lowest BCUT2D eigenvalue weighted by Crippen LogP contribution is -2.36. The van der Waals surface area contributed by atoms with Crippen molar-refractivity contribution in [3.05, 3.63) is 17.9 Å². The summed E-state index contributed by atoms with van der Waals surface area (Å²) in [5.41, 5.74) is 1.21. The van der Waals surface area contributed by atoms with Crippen molar-refractivity contribution in [2.24, 2.45) is 0 Å². The highest BCUT2D eigenvalue weighted by Gasteiger charge is 2.31. The number of ketones is 1. The molecule has 0 aromatic heterocycles. The third-order valence-electron chi connectivity index (χ3n) is 2.32. The first-order valence-electron chi connectivity index (χ1n) is 4.55. The molecule has 0 aliphatic carbocycles. The zero-order chi connectivity index (χ0) is 12.1. The van der Waals surface area contributed by atoms with Crippen LogP contribution in [0.1, 0.15) is 26.7 Å². The van der Waals surface area contributed by atoms with Gasteiger partial charge in [-0.1, -0.05) is 6.58 Å². The third-order valence-corrected chi connectivity index (χ3v) is 2.32. The van der Waals surface area contributed by atoms with E-state index < -0.39 is 17.4 Å². The maximum absolute atomic E-state index is 11.5. The lowest BCUT2D eigenvalue weighted by atomic mass is 9.90. The molecule has 1 N–H and O–H groups in total. The summed E-state index contributed by atoms with van der Waals surface area (Å²) in [5.74, 6) is -0.916. The molecule has 15 heavy (non-hydrogen) atoms. The molecule has 0 aromatic carbocycles. The van der Waals surface area contributed by atoms with Gasteiger partial charge in [0.1, 0.15) is 5.60 Å². The van der Waals surface area contributed by atoms with Crippen molar-refractivity contribution < 1.29 is 19.4 Å². The molecule has 0 saturated heterocycles. The summed E-state index contributed by atoms with van der Waals surface area (Å²) >= 11 is 0. The molecule has 0 radical (unpaired) electrons. The number of carbonyl (C=O) groups is 2. The molecule has 4 heteroatoms. The smallest absolute Gasteiger partial charge is 0.305 e. The number of esters is 1. The number of rotatable bonds is 5. The Labute approximate surface area is 89.2 Å². The fourth-order valence-electron chi connectivity index (χ4n) is 0.942. The second-order valence-electron chi connectivity index (χ2n) is 3.37. The van der Waals surface area contributed by atoms with Gasteiger partial charge in [0.15, 0.2) is 5.78 Å². The van der Waals surface area contributed by atoms with E-state index in [0.29, 0.717) is 5.57 Å². The normalized spacial score (nSPS) is 13.6. The molecule has 0 fully saturated rings. The summed E-state index contributed by atoms with van der Waals surface area (Å²) < 4.78 is 4.39. The van der Waals surface area contributed by atoms with E-state index >= 15 is 0 Å². The highest BCUT2D eigenvalue weighted by molar-refractivity contribution is 5.91. The van der Waals surface area contributed by atoms with Crippen LogP contribution in [-0.2, 0) is 14.3 Å². The van der Waals surface area contributed by atoms with E-state index in [1.54, 1.807) is 6.92 Å². The SMILES string of the molecule is C=C=C(C)C(C)(O)C(=O)CCC(=O)OC. The molecule has 84 valence electrons. The van der Waals surface area contributed by atoms with Crippen LogP contribution < -0.4 is 0 Å². The van der Waals surface area contributed by atoms with Gasteiger partial charge in [0, 0.05) is 12.0 Å². The molecule has 0 aliphatic rings. The van der Waals surface area contributed by atoms with Crippen LogP contribution in [0.25, 0.3) is 0 Å². The van der Waals surface area contributed by atoms with Gasteiger partial charge in [0.05, 0.1) is 13.5 Å². The molecule has 1 unspecified atom stereocenters. The first-order valence-corrected chi connectivity index (χ1v) is 4.55. The Hall–Kier alpha value is -1.38. The van der Waals surface area contributed by atoms with E-state index in [2.05, 4.69) is 17.0 Å². The summed E-state index contributed by atoms with van der Waals surface area (Å²) in [5, 5.41) is 9.80. The van der Waals surface area contributed by atoms with Crippen LogP contribution in [0.3, 0.4) is 0 Å². The Kier molecular flexibility index (Phi) is 4.98. The van der Waals surface area contributed by atoms with Gasteiger partial charge in [0.2, 0.25) is 0 Å². The monoisotopic (exact) mass is 212 g/mol. The van der Waals surface area contributed by atoms with E-state index in [0.717, 1.165) is 0 Å². The third kappa shape index (κ3) is 3.70. The van der Waals surface area contributed by atoms with E-state index in [-0.39, 0.29) is 12.8 Å². The van der Waals surface area contributed by atoms with Crippen molar-refractivity contribution in [3.8, 4) is 0 Å². The van der Waals surface area contributed by atoms with Crippen molar-refractivity contribution in [1.29, 1.82) is 0 Å². The number of ether oxygens (including phenoxy) is 1. The predicted octanol–water partition coefficient (Wildman–Crippen LogP) is 0.991. The van der Waals surface area contributed by atoms with Crippen LogP contribution in [0.5, 0.6) is 0 Å². The van der Waals surface area contributed by atoms with Gasteiger partial charge in [0.25, 0.3) is 0 Å². The molecule has 0 spiro atoms. The van der Waals surface area contributed by atoms with E-state index in [1.165, 1.54) is 14.0 Å². The Bertz CT molecular complexity index is 309. The van der Waals surface area contributed by atoms with Gasteiger partial charge in [-0.2, -0.15) is 0 Å². The number of hydrogen-bond donors (Lipinski definition) is 1. The van der Waals surface area contributed by atoms with Gasteiger partial charge in [-0.05, 0) is 13.8 Å². The van der Waals surface area contributed by atoms with Crippen molar-refractivity contribution in [3.63, 3.8) is 0 Å². The van der Waals surface area contributed by atoms with Crippen molar-refractivity contribution in [1.82, 2.24) is 0 Å². The minimum Gasteiger partial charge on any atom is -0.469 e. The van der Waals surface area contributed by atoms with Crippen LogP contribution in [0.2, 0.25) is 0 Å². The summed E-state index contributed by atoms with van der Waals surface area (Å²) in [7, 11) is 1.25. The largest absolute Gasteiger partial charge is 0.469 e. The minimum atomic E-state index is -1.60. The molecule has 0 rings (SSSR count). The molecular weight excluding hydrogens is 196 g/mol. The van der Waals surface area contributed by atoms with E-state index in [1.807, 2.05) is 0 Å². The number of carbonyl (C=O) groups excluding carboxylic acids is 2. The molecule has 0 saturated carbocycles. The van der Waals surface area contributed by atoms with Gasteiger partial charge in [-0.3, -0.25) is 9.59 Å². The summed E-state index contributed by atoms with van der Waals surface area (Å²) in [6.45, 7) is 6.27. The zero-order valence-electron chi connectivity index (χ0n) is 9.29. The van der Waals surface area contributed by atoms with Gasteiger partial charge < -0.3 is 9.84 Å². The average Bonchev–Trinajstić information content (AvgIpc) is 2.23. The Morgan fingerprint density at radius 1 is 1.47 bits per heavy atom. The molecule has 0 aromatic rings. The first-order chi connectivity index (χ1) is 6.86. The Morgan fingerprint density at radius 2 is 2.00 bits per heavy atom. The van der Waals surface area contributed by atoms with Gasteiger partial charge >= 0.3 is 5.97 Å². The highest BCUT2D eigenvalue weighted by atomic mass is 16.5. The molecule has 1 atom stereocenters. The van der Waals surface area contributed by atoms with Crippen LogP contribution in [0, 0.1) is 0 Å². The Balaban J connectivity index is 4.46. The van der Waals surface area contributed by atoms with E-state index in [9.17, 15) is 14.7 Å². The maximum Gasteiger partial charge on any atom is 0.305 e. The van der Waals surface area contributed by atoms with Crippen LogP contribution in [0.4, 0.5) is 0 Å². The second kappa shape index (κ2) is 5.49. The first kappa shape index (κ1) is 13.6. The van der Waals surface area contributed by atoms with Gasteiger partial charge in [-0.15, -0.1) is 5.73 Å². The molecular formula is C11H16O4. The van der Waals surface area contributed by atoms with Crippen molar-refractivity contribution in [2.75, 3.05) is 7.11 Å². The standard InChI is InChI=1S/C11H16O4/c1-5-8(2)11(3,14)9(12)6-7-10(13)15-4/h14H,1,6-7H2,2-4H3. The molecule has 0 bridgehead atoms. The summed E-state index contributed by atoms with van der Waals surface area (Å²) in [6.07, 6.45) is -0.0887. The van der Waals surface area contributed by atoms with Crippen LogP contribution >= 0.6 is 0 Å². The highest BCUT2D eigenvalue weighted by Crippen LogP contribution is 2.18. The van der Waals surface area contributed by atoms with Crippen molar-refractivity contribution in [2.45, 2.75) is 32.3 Å². The Morgan fingerprint density at radius 3 is 2.40 bits per heavy atom. The second-order valence-corrected chi connectivity index (χ2v) is 3.37. The van der Waals surface area contributed by atoms with Crippen molar-refractivity contribution >= 4 is 11.8 Å². The summed E-state index contributed by atoms with van der Waals surface area (Å²) in [4.78, 5) is 22.3. The minimum absolute atomic E-state index is 0.0318. The average molecular weight is 212 g/mol. The predicted molar refractivity (Wildman–Crippen MR) is 55.2 cm³/mol. The quantitative estimate of drug-likeness (QED) is 0.545. The number of aliphatic hydroxyl groups is 1. The van der Waals surface area contributed by atoms with Gasteiger partial charge in [-0.25, -0.2) is 0 Å². The fraction of sp³-hybridized carbons (Fsp3) is 0.545. The van der Waals surface area contributed by atoms with Crippen LogP contribution in [0.15, 0.2) is 17.9 Å². The lowest BCUT2D eigenvalue weighted by Gasteiger charge is -2.20. The lowest BCUT2D eigenvalue weighted by molar-refractivity contribution is -0.143.